The zero-order valence-electron chi connectivity index (χ0n) is 10.9. The van der Waals surface area contributed by atoms with E-state index in [4.69, 9.17) is 5.11 Å². The maximum Gasteiger partial charge on any atom is 0.305 e. The molecule has 0 atom stereocenters. The van der Waals surface area contributed by atoms with E-state index in [9.17, 15) is 13.2 Å². The molecule has 0 unspecified atom stereocenters. The van der Waals surface area contributed by atoms with Gasteiger partial charge in [-0.25, -0.2) is 13.1 Å². The van der Waals surface area contributed by atoms with Gasteiger partial charge in [-0.15, -0.1) is 0 Å². The summed E-state index contributed by atoms with van der Waals surface area (Å²) in [6.45, 7) is 0.117. The number of carboxylic acids is 1. The van der Waals surface area contributed by atoms with Crippen molar-refractivity contribution in [1.82, 2.24) is 24.7 Å². The van der Waals surface area contributed by atoms with Crippen LogP contribution in [-0.4, -0.2) is 39.5 Å². The molecule has 0 radical (unpaired) electrons. The molecule has 0 fully saturated rings. The van der Waals surface area contributed by atoms with Crippen LogP contribution in [0.4, 0.5) is 0 Å². The fraction of sp³-hybridized carbons (Fsp3) is 0.273. The van der Waals surface area contributed by atoms with Gasteiger partial charge in [-0.2, -0.15) is 15.3 Å². The van der Waals surface area contributed by atoms with Crippen molar-refractivity contribution in [3.05, 3.63) is 36.4 Å². The number of carbonyl (C=O) groups is 1. The maximum atomic E-state index is 12.0. The highest BCUT2D eigenvalue weighted by atomic mass is 32.2. The number of carboxylic acid groups (broad SMARTS) is 1. The largest absolute Gasteiger partial charge is 0.481 e. The topological polar surface area (TPSA) is 127 Å². The van der Waals surface area contributed by atoms with Crippen molar-refractivity contribution in [3.8, 4) is 0 Å². The zero-order valence-corrected chi connectivity index (χ0v) is 11.7. The van der Waals surface area contributed by atoms with Crippen molar-refractivity contribution >= 4 is 16.0 Å². The van der Waals surface area contributed by atoms with E-state index in [2.05, 4.69) is 20.0 Å². The predicted molar refractivity (Wildman–Crippen MR) is 70.5 cm³/mol. The quantitative estimate of drug-likeness (QED) is 0.714. The molecule has 112 valence electrons. The van der Waals surface area contributed by atoms with Crippen LogP contribution in [0.1, 0.15) is 12.1 Å². The Hall–Kier alpha value is -2.33. The lowest BCUT2D eigenvalue weighted by Gasteiger charge is -2.03. The second-order valence-corrected chi connectivity index (χ2v) is 5.89. The van der Waals surface area contributed by atoms with Crippen LogP contribution in [0.5, 0.6) is 0 Å². The van der Waals surface area contributed by atoms with E-state index in [0.29, 0.717) is 5.69 Å². The number of rotatable bonds is 7. The molecule has 0 saturated carbocycles. The van der Waals surface area contributed by atoms with E-state index in [0.717, 1.165) is 0 Å². The van der Waals surface area contributed by atoms with E-state index in [1.165, 1.54) is 23.3 Å². The summed E-state index contributed by atoms with van der Waals surface area (Å²) in [5.74, 6) is -0.976. The Kier molecular flexibility index (Phi) is 4.60. The second kappa shape index (κ2) is 6.41. The second-order valence-electron chi connectivity index (χ2n) is 4.12. The number of nitrogens with one attached hydrogen (secondary N) is 1. The number of hydrogen-bond donors (Lipinski definition) is 2. The van der Waals surface area contributed by atoms with Crippen LogP contribution in [-0.2, 0) is 27.9 Å². The van der Waals surface area contributed by atoms with Gasteiger partial charge in [0, 0.05) is 12.4 Å². The molecule has 0 bridgehead atoms. The Labute approximate surface area is 120 Å². The van der Waals surface area contributed by atoms with Crippen molar-refractivity contribution in [2.45, 2.75) is 24.4 Å². The first-order valence-electron chi connectivity index (χ1n) is 5.98. The first-order valence-corrected chi connectivity index (χ1v) is 7.46. The van der Waals surface area contributed by atoms with Crippen molar-refractivity contribution in [1.29, 1.82) is 0 Å². The van der Waals surface area contributed by atoms with Gasteiger partial charge in [0.15, 0.2) is 0 Å². The fourth-order valence-corrected chi connectivity index (χ4v) is 2.45. The van der Waals surface area contributed by atoms with Crippen molar-refractivity contribution < 1.29 is 18.3 Å². The molecule has 0 aliphatic rings. The highest BCUT2D eigenvalue weighted by Crippen LogP contribution is 2.08. The van der Waals surface area contributed by atoms with Gasteiger partial charge in [-0.05, 0) is 12.1 Å². The standard InChI is InChI=1S/C11H13N5O4S/c17-11(18)3-5-16-8-10(7-13-16)21(19,20)14-6-9-2-1-4-12-15-9/h1-2,4,7-8,14H,3,5-6H2,(H,17,18). The molecule has 0 amide bonds. The molecule has 0 aliphatic carbocycles. The first-order chi connectivity index (χ1) is 9.97. The smallest absolute Gasteiger partial charge is 0.305 e. The van der Waals surface area contributed by atoms with Gasteiger partial charge in [0.05, 0.1) is 31.4 Å². The lowest BCUT2D eigenvalue weighted by molar-refractivity contribution is -0.137. The van der Waals surface area contributed by atoms with Gasteiger partial charge in [-0.1, -0.05) is 0 Å². The average Bonchev–Trinajstić information content (AvgIpc) is 2.94. The molecule has 10 heteroatoms. The predicted octanol–water partition coefficient (Wildman–Crippen LogP) is -0.374. The summed E-state index contributed by atoms with van der Waals surface area (Å²) in [6.07, 6.45) is 3.81. The molecule has 2 aromatic heterocycles. The molecular formula is C11H13N5O4S. The van der Waals surface area contributed by atoms with Crippen LogP contribution in [0, 0.1) is 0 Å². The Morgan fingerprint density at radius 3 is 2.90 bits per heavy atom. The summed E-state index contributed by atoms with van der Waals surface area (Å²) in [5, 5.41) is 19.8. The Balaban J connectivity index is 2.01. The molecule has 0 spiro atoms. The van der Waals surface area contributed by atoms with E-state index in [1.54, 1.807) is 12.1 Å². The third kappa shape index (κ3) is 4.33. The summed E-state index contributed by atoms with van der Waals surface area (Å²) in [6, 6.07) is 3.30. The number of nitrogens with zero attached hydrogens (tertiary/aromatic N) is 4. The third-order valence-corrected chi connectivity index (χ3v) is 3.90. The number of aliphatic carboxylic acids is 1. The summed E-state index contributed by atoms with van der Waals surface area (Å²) >= 11 is 0. The van der Waals surface area contributed by atoms with E-state index < -0.39 is 16.0 Å². The lowest BCUT2D eigenvalue weighted by Crippen LogP contribution is -2.23. The fourth-order valence-electron chi connectivity index (χ4n) is 1.50. The average molecular weight is 311 g/mol. The summed E-state index contributed by atoms with van der Waals surface area (Å²) in [7, 11) is -3.72. The van der Waals surface area contributed by atoms with Gasteiger partial charge >= 0.3 is 5.97 Å². The van der Waals surface area contributed by atoms with Gasteiger partial charge in [-0.3, -0.25) is 9.48 Å². The zero-order chi connectivity index (χ0) is 15.3. The Morgan fingerprint density at radius 2 is 2.24 bits per heavy atom. The third-order valence-electron chi connectivity index (χ3n) is 2.55. The number of hydrogen-bond acceptors (Lipinski definition) is 6. The number of aromatic nitrogens is 4. The minimum Gasteiger partial charge on any atom is -0.481 e. The van der Waals surface area contributed by atoms with Gasteiger partial charge in [0.2, 0.25) is 10.0 Å². The number of sulfonamides is 1. The van der Waals surface area contributed by atoms with Gasteiger partial charge in [0.25, 0.3) is 0 Å². The van der Waals surface area contributed by atoms with Crippen molar-refractivity contribution in [2.75, 3.05) is 0 Å². The monoisotopic (exact) mass is 311 g/mol. The van der Waals surface area contributed by atoms with Gasteiger partial charge in [0.1, 0.15) is 4.90 Å². The van der Waals surface area contributed by atoms with Gasteiger partial charge < -0.3 is 5.11 Å². The van der Waals surface area contributed by atoms with Crippen molar-refractivity contribution in [2.24, 2.45) is 0 Å². The highest BCUT2D eigenvalue weighted by Gasteiger charge is 2.16. The maximum absolute atomic E-state index is 12.0. The minimum atomic E-state index is -3.72. The van der Waals surface area contributed by atoms with Crippen LogP contribution >= 0.6 is 0 Å². The molecule has 2 heterocycles. The summed E-state index contributed by atoms with van der Waals surface area (Å²) in [4.78, 5) is 10.4. The van der Waals surface area contributed by atoms with E-state index in [-0.39, 0.29) is 24.4 Å². The van der Waals surface area contributed by atoms with Crippen LogP contribution < -0.4 is 4.72 Å². The van der Waals surface area contributed by atoms with Crippen molar-refractivity contribution in [3.63, 3.8) is 0 Å². The Morgan fingerprint density at radius 1 is 1.43 bits per heavy atom. The molecule has 0 aromatic carbocycles. The molecule has 21 heavy (non-hydrogen) atoms. The molecule has 0 aliphatic heterocycles. The molecule has 2 rings (SSSR count). The highest BCUT2D eigenvalue weighted by molar-refractivity contribution is 7.89. The number of aryl methyl sites for hydroxylation is 1. The Bertz CT molecular complexity index is 713. The summed E-state index contributed by atoms with van der Waals surface area (Å²) < 4.78 is 27.7. The molecule has 0 saturated heterocycles. The molecule has 2 aromatic rings. The van der Waals surface area contributed by atoms with E-state index in [1.807, 2.05) is 0 Å². The van der Waals surface area contributed by atoms with Crippen LogP contribution in [0.25, 0.3) is 0 Å². The van der Waals surface area contributed by atoms with Crippen LogP contribution in [0.2, 0.25) is 0 Å². The molecular weight excluding hydrogens is 298 g/mol. The van der Waals surface area contributed by atoms with Crippen LogP contribution in [0.3, 0.4) is 0 Å². The normalized spacial score (nSPS) is 11.4. The first kappa shape index (κ1) is 15.1. The molecule has 2 N–H and O–H groups in total. The molecule has 9 nitrogen and oxygen atoms in total. The van der Waals surface area contributed by atoms with E-state index >= 15 is 0 Å². The summed E-state index contributed by atoms with van der Waals surface area (Å²) in [5.41, 5.74) is 0.486. The lowest BCUT2D eigenvalue weighted by atomic mass is 10.4. The minimum absolute atomic E-state index is 0.0104. The van der Waals surface area contributed by atoms with Crippen LogP contribution in [0.15, 0.2) is 35.6 Å². The SMILES string of the molecule is O=C(O)CCn1cc(S(=O)(=O)NCc2cccnn2)cn1.